The van der Waals surface area contributed by atoms with Crippen molar-refractivity contribution in [2.24, 2.45) is 11.3 Å². The Bertz CT molecular complexity index is 991. The van der Waals surface area contributed by atoms with Crippen molar-refractivity contribution in [2.75, 3.05) is 36.5 Å². The van der Waals surface area contributed by atoms with Crippen molar-refractivity contribution in [1.29, 1.82) is 0 Å². The first-order valence-corrected chi connectivity index (χ1v) is 10.6. The average molecular weight is 506 g/mol. The number of carbonyl (C=O) groups is 4. The van der Waals surface area contributed by atoms with Crippen LogP contribution in [0.5, 0.6) is 0 Å². The van der Waals surface area contributed by atoms with E-state index in [2.05, 4.69) is 5.32 Å². The van der Waals surface area contributed by atoms with E-state index in [1.54, 1.807) is 45.0 Å². The summed E-state index contributed by atoms with van der Waals surface area (Å²) in [7, 11) is 1.51. The normalized spacial score (nSPS) is 16.9. The molecule has 35 heavy (non-hydrogen) atoms. The molecule has 0 unspecified atom stereocenters. The Balaban J connectivity index is 2.08. The van der Waals surface area contributed by atoms with Crippen molar-refractivity contribution in [3.05, 3.63) is 24.3 Å². The molecule has 0 radical (unpaired) electrons. The molecule has 1 heterocycles. The van der Waals surface area contributed by atoms with Crippen LogP contribution >= 0.6 is 0 Å². The highest BCUT2D eigenvalue weighted by Crippen LogP contribution is 2.36. The molecule has 8 nitrogen and oxygen atoms in total. The number of carbonyl (C=O) groups excluding carboxylic acids is 4. The number of hydrogen-bond acceptors (Lipinski definition) is 4. The number of rotatable bonds is 6. The summed E-state index contributed by atoms with van der Waals surface area (Å²) in [5.41, 5.74) is 0.194. The number of alkyl halides is 5. The van der Waals surface area contributed by atoms with Crippen molar-refractivity contribution in [2.45, 2.75) is 39.3 Å². The quantitative estimate of drug-likeness (QED) is 0.458. The fourth-order valence-corrected chi connectivity index (χ4v) is 3.33. The molecule has 0 spiro atoms. The van der Waals surface area contributed by atoms with Crippen molar-refractivity contribution in [1.82, 2.24) is 10.6 Å². The van der Waals surface area contributed by atoms with Crippen LogP contribution in [-0.4, -0.2) is 62.4 Å². The summed E-state index contributed by atoms with van der Waals surface area (Å²) in [6.07, 6.45) is -6.86. The highest BCUT2D eigenvalue weighted by molar-refractivity contribution is 6.07. The average Bonchev–Trinajstić information content (AvgIpc) is 2.84. The zero-order valence-corrected chi connectivity index (χ0v) is 19.6. The van der Waals surface area contributed by atoms with Crippen LogP contribution in [0.1, 0.15) is 27.2 Å². The Morgan fingerprint density at radius 3 is 2.06 bits per heavy atom. The second-order valence-electron chi connectivity index (χ2n) is 9.21. The molecule has 0 aliphatic carbocycles. The summed E-state index contributed by atoms with van der Waals surface area (Å²) < 4.78 is 62.4. The standard InChI is InChI=1S/C22H27F5N4O4/c1-20(2,3)19(35)31-11-13(18(34)30(4)14-7-5-6-8-15(14)31)10-28-16(32)9-17(33)29-12-21(23,24)22(25,26)27/h5-8,13H,9-12H2,1-4H3,(H,28,32)(H,29,33)/t13-/m0/s1. The summed E-state index contributed by atoms with van der Waals surface area (Å²) in [6.45, 7) is 2.76. The molecule has 13 heteroatoms. The summed E-state index contributed by atoms with van der Waals surface area (Å²) in [5, 5.41) is 3.70. The van der Waals surface area contributed by atoms with E-state index >= 15 is 0 Å². The van der Waals surface area contributed by atoms with Crippen LogP contribution < -0.4 is 20.4 Å². The minimum atomic E-state index is -5.84. The van der Waals surface area contributed by atoms with Crippen LogP contribution in [0.4, 0.5) is 33.3 Å². The van der Waals surface area contributed by atoms with Crippen LogP contribution in [-0.2, 0) is 19.2 Å². The van der Waals surface area contributed by atoms with E-state index in [0.29, 0.717) is 11.4 Å². The van der Waals surface area contributed by atoms with Gasteiger partial charge in [-0.05, 0) is 12.1 Å². The van der Waals surface area contributed by atoms with Crippen LogP contribution in [0, 0.1) is 11.3 Å². The lowest BCUT2D eigenvalue weighted by Crippen LogP contribution is -2.48. The summed E-state index contributed by atoms with van der Waals surface area (Å²) >= 11 is 0. The third-order valence-electron chi connectivity index (χ3n) is 5.29. The zero-order valence-electron chi connectivity index (χ0n) is 19.6. The molecule has 1 atom stereocenters. The highest BCUT2D eigenvalue weighted by atomic mass is 19.4. The molecule has 1 aliphatic heterocycles. The second-order valence-corrected chi connectivity index (χ2v) is 9.21. The molecule has 1 aromatic rings. The first-order chi connectivity index (χ1) is 16.0. The van der Waals surface area contributed by atoms with Gasteiger partial charge in [0, 0.05) is 25.6 Å². The van der Waals surface area contributed by atoms with Gasteiger partial charge < -0.3 is 20.4 Å². The van der Waals surface area contributed by atoms with Gasteiger partial charge in [-0.1, -0.05) is 32.9 Å². The summed E-state index contributed by atoms with van der Waals surface area (Å²) in [4.78, 5) is 52.7. The van der Waals surface area contributed by atoms with E-state index in [1.165, 1.54) is 22.2 Å². The molecule has 0 saturated heterocycles. The summed E-state index contributed by atoms with van der Waals surface area (Å²) in [6, 6.07) is 6.76. The second kappa shape index (κ2) is 10.2. The van der Waals surface area contributed by atoms with Crippen molar-refractivity contribution in [3.8, 4) is 0 Å². The Kier molecular flexibility index (Phi) is 8.13. The van der Waals surface area contributed by atoms with Crippen molar-refractivity contribution in [3.63, 3.8) is 0 Å². The molecule has 4 amide bonds. The Morgan fingerprint density at radius 2 is 1.51 bits per heavy atom. The van der Waals surface area contributed by atoms with E-state index in [4.69, 9.17) is 0 Å². The number of fused-ring (bicyclic) bond motifs is 1. The molecule has 2 N–H and O–H groups in total. The minimum absolute atomic E-state index is 0.0828. The van der Waals surface area contributed by atoms with E-state index in [-0.39, 0.29) is 19.0 Å². The zero-order chi connectivity index (χ0) is 26.8. The van der Waals surface area contributed by atoms with Crippen molar-refractivity contribution >= 4 is 35.0 Å². The van der Waals surface area contributed by atoms with E-state index < -0.39 is 54.1 Å². The molecule has 2 rings (SSSR count). The Labute approximate surface area is 198 Å². The maximum Gasteiger partial charge on any atom is 0.455 e. The molecular formula is C22H27F5N4O4. The number of halogens is 5. The van der Waals surface area contributed by atoms with Gasteiger partial charge in [-0.15, -0.1) is 0 Å². The van der Waals surface area contributed by atoms with Gasteiger partial charge in [0.05, 0.1) is 23.8 Å². The highest BCUT2D eigenvalue weighted by Gasteiger charge is 2.57. The van der Waals surface area contributed by atoms with Gasteiger partial charge in [0.25, 0.3) is 0 Å². The number of benzene rings is 1. The van der Waals surface area contributed by atoms with Gasteiger partial charge in [-0.2, -0.15) is 22.0 Å². The van der Waals surface area contributed by atoms with Gasteiger partial charge in [-0.25, -0.2) is 0 Å². The van der Waals surface area contributed by atoms with Gasteiger partial charge in [0.2, 0.25) is 23.6 Å². The number of para-hydroxylation sites is 2. The minimum Gasteiger partial charge on any atom is -0.355 e. The maximum atomic E-state index is 13.1. The van der Waals surface area contributed by atoms with Gasteiger partial charge in [-0.3, -0.25) is 19.2 Å². The predicted molar refractivity (Wildman–Crippen MR) is 117 cm³/mol. The van der Waals surface area contributed by atoms with E-state index in [1.807, 2.05) is 0 Å². The molecule has 0 saturated carbocycles. The first kappa shape index (κ1) is 28.0. The molecule has 1 aliphatic rings. The van der Waals surface area contributed by atoms with Gasteiger partial charge in [0.1, 0.15) is 6.42 Å². The SMILES string of the molecule is CN1C(=O)[C@@H](CNC(=O)CC(=O)NCC(F)(F)C(F)(F)F)CN(C(=O)C(C)(C)C)c2ccccc21. The Hall–Kier alpha value is -3.25. The topological polar surface area (TPSA) is 98.8 Å². The maximum absolute atomic E-state index is 13.1. The lowest BCUT2D eigenvalue weighted by atomic mass is 9.93. The third-order valence-corrected chi connectivity index (χ3v) is 5.29. The molecule has 0 bridgehead atoms. The fraction of sp³-hybridized carbons (Fsp3) is 0.545. The first-order valence-electron chi connectivity index (χ1n) is 10.6. The Morgan fingerprint density at radius 1 is 0.971 bits per heavy atom. The largest absolute Gasteiger partial charge is 0.455 e. The molecule has 1 aromatic carbocycles. The van der Waals surface area contributed by atoms with Gasteiger partial charge in [0.15, 0.2) is 0 Å². The lowest BCUT2D eigenvalue weighted by Gasteiger charge is -2.30. The van der Waals surface area contributed by atoms with E-state index in [9.17, 15) is 41.1 Å². The van der Waals surface area contributed by atoms with Gasteiger partial charge >= 0.3 is 12.1 Å². The number of hydrogen-bond donors (Lipinski definition) is 2. The molecule has 0 aromatic heterocycles. The monoisotopic (exact) mass is 506 g/mol. The molecule has 0 fully saturated rings. The van der Waals surface area contributed by atoms with Crippen LogP contribution in [0.3, 0.4) is 0 Å². The molecule has 194 valence electrons. The predicted octanol–water partition coefficient (Wildman–Crippen LogP) is 2.48. The van der Waals surface area contributed by atoms with E-state index in [0.717, 1.165) is 0 Å². The smallest absolute Gasteiger partial charge is 0.355 e. The van der Waals surface area contributed by atoms with Crippen molar-refractivity contribution < 1.29 is 41.1 Å². The number of amides is 4. The number of nitrogens with zero attached hydrogens (tertiary/aromatic N) is 2. The molecular weight excluding hydrogens is 479 g/mol. The van der Waals surface area contributed by atoms with Crippen LogP contribution in [0.2, 0.25) is 0 Å². The number of anilines is 2. The van der Waals surface area contributed by atoms with Crippen LogP contribution in [0.25, 0.3) is 0 Å². The van der Waals surface area contributed by atoms with Crippen LogP contribution in [0.15, 0.2) is 24.3 Å². The fourth-order valence-electron chi connectivity index (χ4n) is 3.33. The summed E-state index contributed by atoms with van der Waals surface area (Å²) in [5.74, 6) is -9.07. The number of nitrogens with one attached hydrogen (secondary N) is 2. The third kappa shape index (κ3) is 6.67. The lowest BCUT2D eigenvalue weighted by molar-refractivity contribution is -0.278.